The fourth-order valence-electron chi connectivity index (χ4n) is 4.72. The Morgan fingerprint density at radius 1 is 0.778 bits per heavy atom. The third-order valence-corrected chi connectivity index (χ3v) is 7.23. The number of carbonyl (C=O) groups excluding carboxylic acids is 2. The van der Waals surface area contributed by atoms with E-state index < -0.39 is 0 Å². The third-order valence-electron chi connectivity index (χ3n) is 6.99. The van der Waals surface area contributed by atoms with Crippen LogP contribution >= 0.6 is 11.6 Å². The number of hydrogen-bond donors (Lipinski definition) is 1. The van der Waals surface area contributed by atoms with Gasteiger partial charge in [-0.1, -0.05) is 11.6 Å². The van der Waals surface area contributed by atoms with Gasteiger partial charge in [-0.15, -0.1) is 0 Å². The van der Waals surface area contributed by atoms with Gasteiger partial charge < -0.3 is 24.9 Å². The Morgan fingerprint density at radius 3 is 1.89 bits per heavy atom. The fraction of sp³-hybridized carbons (Fsp3) is 0.370. The third kappa shape index (κ3) is 5.31. The lowest BCUT2D eigenvalue weighted by atomic mass is 10.1. The molecule has 0 unspecified atom stereocenters. The fourth-order valence-corrected chi connectivity index (χ4v) is 4.88. The summed E-state index contributed by atoms with van der Waals surface area (Å²) in [6, 6.07) is 12.9. The summed E-state index contributed by atoms with van der Waals surface area (Å²) in [6.07, 6.45) is 1.72. The summed E-state index contributed by atoms with van der Waals surface area (Å²) in [5.74, 6) is -0.101. The second kappa shape index (κ2) is 10.4. The molecule has 0 radical (unpaired) electrons. The lowest BCUT2D eigenvalue weighted by Crippen LogP contribution is -2.47. The smallest absolute Gasteiger partial charge is 0.254 e. The largest absolute Gasteiger partial charge is 0.355 e. The van der Waals surface area contributed by atoms with Crippen molar-refractivity contribution in [2.75, 3.05) is 71.8 Å². The second-order valence-corrected chi connectivity index (χ2v) is 10.1. The van der Waals surface area contributed by atoms with Crippen LogP contribution in [0.5, 0.6) is 0 Å². The van der Waals surface area contributed by atoms with Gasteiger partial charge in [0.25, 0.3) is 11.8 Å². The van der Waals surface area contributed by atoms with Crippen molar-refractivity contribution in [1.29, 1.82) is 0 Å². The zero-order valence-corrected chi connectivity index (χ0v) is 21.5. The molecule has 2 saturated heterocycles. The molecular formula is C27H31ClN6O2. The molecule has 1 N–H and O–H groups in total. The topological polar surface area (TPSA) is 72.0 Å². The molecule has 0 saturated carbocycles. The quantitative estimate of drug-likeness (QED) is 0.584. The standard InChI is InChI=1S/C27H31ClN6O2/c1-31-7-11-33(12-8-31)26(35)19-15-20(27(36)34-13-9-32(2)10-14-34)17-22(16-19)30-24-5-6-29-25-18-21(28)3-4-23(24)25/h3-6,15-18H,7-14H2,1-2H3,(H,29,30). The molecule has 2 aliphatic heterocycles. The van der Waals surface area contributed by atoms with Crippen molar-refractivity contribution in [3.8, 4) is 0 Å². The minimum absolute atomic E-state index is 0.0504. The molecule has 8 nitrogen and oxygen atoms in total. The molecule has 0 aliphatic carbocycles. The number of amides is 2. The molecule has 2 aliphatic rings. The number of pyridine rings is 1. The number of piperazine rings is 2. The molecule has 3 heterocycles. The van der Waals surface area contributed by atoms with Crippen LogP contribution in [0.4, 0.5) is 11.4 Å². The Kier molecular flexibility index (Phi) is 7.09. The van der Waals surface area contributed by atoms with Crippen molar-refractivity contribution in [2.24, 2.45) is 0 Å². The summed E-state index contributed by atoms with van der Waals surface area (Å²) in [7, 11) is 4.12. The number of nitrogens with zero attached hydrogens (tertiary/aromatic N) is 5. The summed E-state index contributed by atoms with van der Waals surface area (Å²) in [4.78, 5) is 39.5. The van der Waals surface area contributed by atoms with Gasteiger partial charge in [-0.2, -0.15) is 0 Å². The van der Waals surface area contributed by atoms with Crippen LogP contribution in [0.1, 0.15) is 20.7 Å². The zero-order chi connectivity index (χ0) is 25.2. The number of likely N-dealkylation sites (N-methyl/N-ethyl adjacent to an activating group) is 2. The average molecular weight is 507 g/mol. The van der Waals surface area contributed by atoms with E-state index in [0.717, 1.165) is 42.8 Å². The van der Waals surface area contributed by atoms with Crippen LogP contribution in [0, 0.1) is 0 Å². The molecule has 1 aromatic heterocycles. The minimum atomic E-state index is -0.0504. The van der Waals surface area contributed by atoms with Gasteiger partial charge in [0, 0.05) is 91.5 Å². The normalized spacial score (nSPS) is 17.4. The van der Waals surface area contributed by atoms with E-state index in [1.165, 1.54) is 0 Å². The Hall–Kier alpha value is -3.20. The maximum atomic E-state index is 13.5. The van der Waals surface area contributed by atoms with Crippen LogP contribution < -0.4 is 5.32 Å². The maximum Gasteiger partial charge on any atom is 0.254 e. The minimum Gasteiger partial charge on any atom is -0.355 e. The molecule has 2 amide bonds. The van der Waals surface area contributed by atoms with Gasteiger partial charge in [0.05, 0.1) is 5.52 Å². The van der Waals surface area contributed by atoms with E-state index >= 15 is 0 Å². The van der Waals surface area contributed by atoms with Crippen LogP contribution in [-0.4, -0.2) is 103 Å². The summed E-state index contributed by atoms with van der Waals surface area (Å²) in [6.45, 7) is 6.03. The molecule has 5 rings (SSSR count). The van der Waals surface area contributed by atoms with Gasteiger partial charge in [0.2, 0.25) is 0 Å². The number of carbonyl (C=O) groups is 2. The molecule has 3 aromatic rings. The van der Waals surface area contributed by atoms with E-state index in [1.807, 2.05) is 46.2 Å². The molecule has 188 valence electrons. The SMILES string of the molecule is CN1CCN(C(=O)c2cc(Nc3ccnc4cc(Cl)ccc34)cc(C(=O)N3CCN(C)CC3)c2)CC1. The first-order valence-electron chi connectivity index (χ1n) is 12.3. The van der Waals surface area contributed by atoms with E-state index in [0.29, 0.717) is 48.0 Å². The van der Waals surface area contributed by atoms with Gasteiger partial charge in [0.15, 0.2) is 0 Å². The molecule has 0 atom stereocenters. The van der Waals surface area contributed by atoms with E-state index in [4.69, 9.17) is 11.6 Å². The lowest BCUT2D eigenvalue weighted by Gasteiger charge is -2.33. The van der Waals surface area contributed by atoms with Crippen molar-refractivity contribution in [3.05, 3.63) is 64.8 Å². The van der Waals surface area contributed by atoms with Gasteiger partial charge in [-0.25, -0.2) is 0 Å². The van der Waals surface area contributed by atoms with Gasteiger partial charge in [0.1, 0.15) is 0 Å². The van der Waals surface area contributed by atoms with Gasteiger partial charge >= 0.3 is 0 Å². The van der Waals surface area contributed by atoms with Gasteiger partial charge in [-0.3, -0.25) is 14.6 Å². The molecule has 36 heavy (non-hydrogen) atoms. The number of aromatic nitrogens is 1. The number of fused-ring (bicyclic) bond motifs is 1. The number of benzene rings is 2. The predicted octanol–water partition coefficient (Wildman–Crippen LogP) is 3.41. The van der Waals surface area contributed by atoms with Crippen LogP contribution in [0.15, 0.2) is 48.7 Å². The lowest BCUT2D eigenvalue weighted by molar-refractivity contribution is 0.0662. The van der Waals surface area contributed by atoms with E-state index in [1.54, 1.807) is 12.3 Å². The highest BCUT2D eigenvalue weighted by molar-refractivity contribution is 6.31. The van der Waals surface area contributed by atoms with Crippen LogP contribution in [-0.2, 0) is 0 Å². The van der Waals surface area contributed by atoms with Crippen molar-refractivity contribution in [3.63, 3.8) is 0 Å². The number of nitrogens with one attached hydrogen (secondary N) is 1. The highest BCUT2D eigenvalue weighted by Crippen LogP contribution is 2.29. The van der Waals surface area contributed by atoms with Crippen molar-refractivity contribution < 1.29 is 9.59 Å². The zero-order valence-electron chi connectivity index (χ0n) is 20.7. The Balaban J connectivity index is 1.49. The highest BCUT2D eigenvalue weighted by Gasteiger charge is 2.25. The second-order valence-electron chi connectivity index (χ2n) is 9.63. The van der Waals surface area contributed by atoms with Crippen LogP contribution in [0.3, 0.4) is 0 Å². The van der Waals surface area contributed by atoms with Gasteiger partial charge in [-0.05, 0) is 56.6 Å². The molecule has 2 aromatic carbocycles. The predicted molar refractivity (Wildman–Crippen MR) is 143 cm³/mol. The van der Waals surface area contributed by atoms with Crippen LogP contribution in [0.25, 0.3) is 10.9 Å². The highest BCUT2D eigenvalue weighted by atomic mass is 35.5. The number of rotatable bonds is 4. The van der Waals surface area contributed by atoms with Crippen molar-refractivity contribution in [2.45, 2.75) is 0 Å². The van der Waals surface area contributed by atoms with Crippen LogP contribution in [0.2, 0.25) is 5.02 Å². The van der Waals surface area contributed by atoms with E-state index in [2.05, 4.69) is 34.2 Å². The molecular weight excluding hydrogens is 476 g/mol. The monoisotopic (exact) mass is 506 g/mol. The summed E-state index contributed by atoms with van der Waals surface area (Å²) in [5, 5.41) is 4.96. The van der Waals surface area contributed by atoms with E-state index in [-0.39, 0.29) is 11.8 Å². The molecule has 0 bridgehead atoms. The summed E-state index contributed by atoms with van der Waals surface area (Å²) in [5.41, 5.74) is 3.33. The first-order chi connectivity index (χ1) is 17.4. The first-order valence-corrected chi connectivity index (χ1v) is 12.7. The number of anilines is 2. The number of halogens is 1. The molecule has 0 spiro atoms. The average Bonchev–Trinajstić information content (AvgIpc) is 2.88. The Bertz CT molecular complexity index is 1230. The first kappa shape index (κ1) is 24.5. The molecule has 9 heteroatoms. The van der Waals surface area contributed by atoms with E-state index in [9.17, 15) is 9.59 Å². The number of hydrogen-bond acceptors (Lipinski definition) is 6. The molecule has 2 fully saturated rings. The Labute approximate surface area is 216 Å². The summed E-state index contributed by atoms with van der Waals surface area (Å²) < 4.78 is 0. The van der Waals surface area contributed by atoms with Crippen molar-refractivity contribution in [1.82, 2.24) is 24.6 Å². The summed E-state index contributed by atoms with van der Waals surface area (Å²) >= 11 is 6.16. The maximum absolute atomic E-state index is 13.5. The Morgan fingerprint density at radius 2 is 1.33 bits per heavy atom. The van der Waals surface area contributed by atoms with Crippen molar-refractivity contribution >= 4 is 45.7 Å².